The Morgan fingerprint density at radius 2 is 2.18 bits per heavy atom. The van der Waals surface area contributed by atoms with E-state index in [0.29, 0.717) is 5.82 Å². The van der Waals surface area contributed by atoms with E-state index in [2.05, 4.69) is 35.8 Å². The van der Waals surface area contributed by atoms with Crippen molar-refractivity contribution in [2.45, 2.75) is 0 Å². The molecule has 0 spiro atoms. The summed E-state index contributed by atoms with van der Waals surface area (Å²) in [4.78, 5) is 23.5. The molecular weight excluding hydrogens is 222 g/mol. The Hall–Kier alpha value is -2.64. The van der Waals surface area contributed by atoms with Gasteiger partial charge in [-0.2, -0.15) is 5.10 Å². The van der Waals surface area contributed by atoms with Crippen molar-refractivity contribution in [2.75, 3.05) is 17.7 Å². The molecule has 8 heteroatoms. The molecule has 2 aromatic rings. The molecule has 0 unspecified atom stereocenters. The monoisotopic (exact) mass is 231 g/mol. The minimum atomic E-state index is -0.442. The first-order valence-electron chi connectivity index (χ1n) is 4.74. The SMILES string of the molecule is CNc1cncc(C(=O)Nc2nccnn2)n1. The number of carbonyl (C=O) groups excluding carboxylic acids is 1. The molecule has 86 valence electrons. The van der Waals surface area contributed by atoms with Gasteiger partial charge in [-0.1, -0.05) is 0 Å². The fourth-order valence-electron chi connectivity index (χ4n) is 1.07. The summed E-state index contributed by atoms with van der Waals surface area (Å²) in [7, 11) is 1.69. The fraction of sp³-hybridized carbons (Fsp3) is 0.111. The van der Waals surface area contributed by atoms with Crippen LogP contribution in [0.5, 0.6) is 0 Å². The summed E-state index contributed by atoms with van der Waals surface area (Å²) in [5.41, 5.74) is 0.171. The molecule has 0 aliphatic rings. The van der Waals surface area contributed by atoms with Gasteiger partial charge in [0.1, 0.15) is 11.5 Å². The first kappa shape index (κ1) is 10.9. The fourth-order valence-corrected chi connectivity index (χ4v) is 1.07. The van der Waals surface area contributed by atoms with Gasteiger partial charge in [0.25, 0.3) is 5.91 Å². The van der Waals surface area contributed by atoms with Crippen molar-refractivity contribution in [3.8, 4) is 0 Å². The van der Waals surface area contributed by atoms with E-state index in [9.17, 15) is 4.79 Å². The number of anilines is 2. The second-order valence-electron chi connectivity index (χ2n) is 2.96. The number of hydrogen-bond donors (Lipinski definition) is 2. The van der Waals surface area contributed by atoms with Gasteiger partial charge in [0.05, 0.1) is 24.8 Å². The number of amides is 1. The van der Waals surface area contributed by atoms with Crippen LogP contribution in [0.1, 0.15) is 10.5 Å². The van der Waals surface area contributed by atoms with Crippen molar-refractivity contribution in [3.05, 3.63) is 30.5 Å². The van der Waals surface area contributed by atoms with Crippen molar-refractivity contribution in [3.63, 3.8) is 0 Å². The second-order valence-corrected chi connectivity index (χ2v) is 2.96. The molecule has 0 saturated heterocycles. The molecule has 0 atom stereocenters. The van der Waals surface area contributed by atoms with Crippen molar-refractivity contribution in [1.29, 1.82) is 0 Å². The zero-order valence-electron chi connectivity index (χ0n) is 8.95. The second kappa shape index (κ2) is 4.92. The highest BCUT2D eigenvalue weighted by Crippen LogP contribution is 2.03. The van der Waals surface area contributed by atoms with Crippen molar-refractivity contribution in [2.24, 2.45) is 0 Å². The normalized spacial score (nSPS) is 9.71. The van der Waals surface area contributed by atoms with E-state index in [1.807, 2.05) is 0 Å². The molecule has 0 bridgehead atoms. The van der Waals surface area contributed by atoms with Crippen LogP contribution >= 0.6 is 0 Å². The van der Waals surface area contributed by atoms with E-state index in [4.69, 9.17) is 0 Å². The lowest BCUT2D eigenvalue weighted by atomic mass is 10.4. The van der Waals surface area contributed by atoms with Gasteiger partial charge in [0, 0.05) is 7.05 Å². The van der Waals surface area contributed by atoms with Crippen LogP contribution in [0.3, 0.4) is 0 Å². The van der Waals surface area contributed by atoms with Gasteiger partial charge in [0.15, 0.2) is 0 Å². The van der Waals surface area contributed by atoms with E-state index in [1.54, 1.807) is 7.05 Å². The number of nitrogens with zero attached hydrogens (tertiary/aromatic N) is 5. The van der Waals surface area contributed by atoms with E-state index in [0.717, 1.165) is 0 Å². The lowest BCUT2D eigenvalue weighted by Gasteiger charge is -2.03. The first-order chi connectivity index (χ1) is 8.29. The standard InChI is InChI=1S/C9H9N7O/c1-10-7-5-11-4-6(14-7)8(17)15-9-12-2-3-13-16-9/h2-5H,1H3,(H,10,14)(H,12,15,16,17). The molecule has 0 aliphatic carbocycles. The van der Waals surface area contributed by atoms with E-state index < -0.39 is 5.91 Å². The Kier molecular flexibility index (Phi) is 3.15. The summed E-state index contributed by atoms with van der Waals surface area (Å²) in [5.74, 6) is 0.182. The van der Waals surface area contributed by atoms with E-state index in [-0.39, 0.29) is 11.6 Å². The molecule has 2 aromatic heterocycles. The zero-order chi connectivity index (χ0) is 12.1. The predicted molar refractivity (Wildman–Crippen MR) is 59.4 cm³/mol. The van der Waals surface area contributed by atoms with Crippen LogP contribution in [0.4, 0.5) is 11.8 Å². The third-order valence-corrected chi connectivity index (χ3v) is 1.83. The van der Waals surface area contributed by atoms with Gasteiger partial charge < -0.3 is 5.32 Å². The van der Waals surface area contributed by atoms with Gasteiger partial charge in [-0.3, -0.25) is 15.1 Å². The first-order valence-corrected chi connectivity index (χ1v) is 4.74. The average Bonchev–Trinajstić information content (AvgIpc) is 2.40. The zero-order valence-corrected chi connectivity index (χ0v) is 8.95. The third kappa shape index (κ3) is 2.68. The van der Waals surface area contributed by atoms with Crippen LogP contribution in [-0.2, 0) is 0 Å². The molecule has 0 radical (unpaired) electrons. The van der Waals surface area contributed by atoms with Crippen LogP contribution in [0, 0.1) is 0 Å². The van der Waals surface area contributed by atoms with Crippen LogP contribution in [0.15, 0.2) is 24.8 Å². The number of aromatic nitrogens is 5. The number of hydrogen-bond acceptors (Lipinski definition) is 7. The van der Waals surface area contributed by atoms with Crippen LogP contribution in [0.25, 0.3) is 0 Å². The molecule has 2 heterocycles. The minimum absolute atomic E-state index is 0.120. The smallest absolute Gasteiger partial charge is 0.278 e. The lowest BCUT2D eigenvalue weighted by molar-refractivity contribution is 0.102. The molecule has 1 amide bonds. The van der Waals surface area contributed by atoms with E-state index >= 15 is 0 Å². The van der Waals surface area contributed by atoms with Gasteiger partial charge in [-0.15, -0.1) is 5.10 Å². The van der Waals surface area contributed by atoms with Crippen LogP contribution < -0.4 is 10.6 Å². The highest BCUT2D eigenvalue weighted by molar-refractivity contribution is 6.01. The summed E-state index contributed by atoms with van der Waals surface area (Å²) in [6.45, 7) is 0. The molecule has 0 aliphatic heterocycles. The molecule has 2 N–H and O–H groups in total. The summed E-state index contributed by atoms with van der Waals surface area (Å²) < 4.78 is 0. The summed E-state index contributed by atoms with van der Waals surface area (Å²) in [5, 5.41) is 12.5. The Balaban J connectivity index is 2.14. The minimum Gasteiger partial charge on any atom is -0.372 e. The Bertz CT molecular complexity index is 516. The maximum atomic E-state index is 11.7. The van der Waals surface area contributed by atoms with Gasteiger partial charge in [0.2, 0.25) is 5.95 Å². The molecule has 0 saturated carbocycles. The van der Waals surface area contributed by atoms with Crippen LogP contribution in [0.2, 0.25) is 0 Å². The highest BCUT2D eigenvalue weighted by atomic mass is 16.2. The molecular formula is C9H9N7O. The Morgan fingerprint density at radius 3 is 2.88 bits per heavy atom. The number of rotatable bonds is 3. The molecule has 2 rings (SSSR count). The Morgan fingerprint density at radius 1 is 1.29 bits per heavy atom. The lowest BCUT2D eigenvalue weighted by Crippen LogP contribution is -2.16. The molecule has 0 fully saturated rings. The van der Waals surface area contributed by atoms with Gasteiger partial charge in [-0.05, 0) is 0 Å². The third-order valence-electron chi connectivity index (χ3n) is 1.83. The predicted octanol–water partition coefficient (Wildman–Crippen LogP) is -0.0444. The summed E-state index contributed by atoms with van der Waals surface area (Å²) in [6.07, 6.45) is 5.71. The van der Waals surface area contributed by atoms with Crippen molar-refractivity contribution >= 4 is 17.7 Å². The quantitative estimate of drug-likeness (QED) is 0.763. The highest BCUT2D eigenvalue weighted by Gasteiger charge is 2.10. The molecule has 17 heavy (non-hydrogen) atoms. The van der Waals surface area contributed by atoms with Crippen molar-refractivity contribution in [1.82, 2.24) is 25.1 Å². The summed E-state index contributed by atoms with van der Waals surface area (Å²) >= 11 is 0. The van der Waals surface area contributed by atoms with Crippen LogP contribution in [-0.4, -0.2) is 38.1 Å². The maximum Gasteiger partial charge on any atom is 0.278 e. The maximum absolute atomic E-state index is 11.7. The number of nitrogens with one attached hydrogen (secondary N) is 2. The summed E-state index contributed by atoms with van der Waals surface area (Å²) in [6, 6.07) is 0. The topological polar surface area (TPSA) is 106 Å². The van der Waals surface area contributed by atoms with E-state index in [1.165, 1.54) is 24.8 Å². The van der Waals surface area contributed by atoms with Crippen molar-refractivity contribution < 1.29 is 4.79 Å². The average molecular weight is 231 g/mol. The molecule has 8 nitrogen and oxygen atoms in total. The Labute approximate surface area is 96.5 Å². The van der Waals surface area contributed by atoms with Gasteiger partial charge >= 0.3 is 0 Å². The van der Waals surface area contributed by atoms with Gasteiger partial charge in [-0.25, -0.2) is 9.97 Å². The number of carbonyl (C=O) groups is 1. The molecule has 0 aromatic carbocycles. The largest absolute Gasteiger partial charge is 0.372 e.